The minimum absolute atomic E-state index is 0.196. The minimum atomic E-state index is -0.253. The van der Waals surface area contributed by atoms with Crippen LogP contribution in [0, 0.1) is 5.82 Å². The lowest BCUT2D eigenvalue weighted by molar-refractivity contribution is 0.0341. The van der Waals surface area contributed by atoms with E-state index in [-0.39, 0.29) is 11.9 Å². The van der Waals surface area contributed by atoms with E-state index in [1.54, 1.807) is 19.2 Å². The third-order valence-electron chi connectivity index (χ3n) is 5.35. The van der Waals surface area contributed by atoms with Crippen molar-refractivity contribution in [1.29, 1.82) is 0 Å². The molecule has 2 aromatic carbocycles. The van der Waals surface area contributed by atoms with Crippen molar-refractivity contribution in [1.82, 2.24) is 15.5 Å². The number of nitrogens with one attached hydrogen (secondary N) is 2. The summed E-state index contributed by atoms with van der Waals surface area (Å²) in [6.07, 6.45) is -0.196. The minimum Gasteiger partial charge on any atom is -0.379 e. The topological polar surface area (TPSA) is 58.1 Å². The van der Waals surface area contributed by atoms with Gasteiger partial charge in [0.1, 0.15) is 5.82 Å². The average molecular weight is 429 g/mol. The molecule has 0 aliphatic carbocycles. The lowest BCUT2D eigenvalue weighted by Gasteiger charge is -2.27. The van der Waals surface area contributed by atoms with Gasteiger partial charge in [-0.1, -0.05) is 36.4 Å². The van der Waals surface area contributed by atoms with Crippen molar-refractivity contribution in [2.45, 2.75) is 26.1 Å². The Hall–Kier alpha value is -2.48. The van der Waals surface area contributed by atoms with Gasteiger partial charge in [0.25, 0.3) is 0 Å². The number of aliphatic imine (C=N–C) groups is 1. The van der Waals surface area contributed by atoms with Crippen molar-refractivity contribution in [2.24, 2.45) is 4.99 Å². The van der Waals surface area contributed by atoms with E-state index in [0.717, 1.165) is 50.9 Å². The van der Waals surface area contributed by atoms with E-state index < -0.39 is 0 Å². The van der Waals surface area contributed by atoms with Crippen LogP contribution in [0.15, 0.2) is 53.5 Å². The molecule has 0 aromatic heterocycles. The maximum absolute atomic E-state index is 13.2. The molecule has 0 radical (unpaired) electrons. The van der Waals surface area contributed by atoms with Crippen molar-refractivity contribution in [3.05, 3.63) is 71.0 Å². The van der Waals surface area contributed by atoms with E-state index >= 15 is 0 Å². The molecule has 6 nitrogen and oxygen atoms in total. The molecule has 31 heavy (non-hydrogen) atoms. The van der Waals surface area contributed by atoms with Crippen molar-refractivity contribution in [3.8, 4) is 0 Å². The Morgan fingerprint density at radius 1 is 1.10 bits per heavy atom. The molecule has 3 rings (SSSR count). The van der Waals surface area contributed by atoms with Crippen molar-refractivity contribution in [3.63, 3.8) is 0 Å². The van der Waals surface area contributed by atoms with Gasteiger partial charge < -0.3 is 20.1 Å². The summed E-state index contributed by atoms with van der Waals surface area (Å²) in [4.78, 5) is 7.21. The van der Waals surface area contributed by atoms with Crippen LogP contribution in [0.3, 0.4) is 0 Å². The molecule has 0 bridgehead atoms. The number of morpholine rings is 1. The SMILES string of the molecule is CCNC(=NCc1ccccc1CN1CCOCC1)NCC(OC)c1ccc(F)cc1. The van der Waals surface area contributed by atoms with Gasteiger partial charge in [-0.15, -0.1) is 0 Å². The molecule has 1 aliphatic rings. The van der Waals surface area contributed by atoms with Crippen LogP contribution < -0.4 is 10.6 Å². The summed E-state index contributed by atoms with van der Waals surface area (Å²) < 4.78 is 24.3. The van der Waals surface area contributed by atoms with Crippen LogP contribution in [-0.2, 0) is 22.6 Å². The Morgan fingerprint density at radius 2 is 1.81 bits per heavy atom. The van der Waals surface area contributed by atoms with Crippen LogP contribution in [0.25, 0.3) is 0 Å². The summed E-state index contributed by atoms with van der Waals surface area (Å²) in [5.74, 6) is 0.477. The van der Waals surface area contributed by atoms with Gasteiger partial charge >= 0.3 is 0 Å². The van der Waals surface area contributed by atoms with Crippen LogP contribution in [-0.4, -0.2) is 57.4 Å². The van der Waals surface area contributed by atoms with Crippen LogP contribution in [0.4, 0.5) is 4.39 Å². The lowest BCUT2D eigenvalue weighted by Crippen LogP contribution is -2.39. The molecule has 168 valence electrons. The predicted octanol–water partition coefficient (Wildman–Crippen LogP) is 3.10. The molecule has 2 aromatic rings. The van der Waals surface area contributed by atoms with Crippen LogP contribution in [0.1, 0.15) is 29.7 Å². The van der Waals surface area contributed by atoms with Gasteiger partial charge in [-0.3, -0.25) is 4.90 Å². The van der Waals surface area contributed by atoms with Gasteiger partial charge in [0, 0.05) is 39.8 Å². The average Bonchev–Trinajstić information content (AvgIpc) is 2.80. The van der Waals surface area contributed by atoms with Gasteiger partial charge in [-0.25, -0.2) is 9.38 Å². The van der Waals surface area contributed by atoms with E-state index in [1.807, 2.05) is 6.92 Å². The van der Waals surface area contributed by atoms with Crippen molar-refractivity contribution < 1.29 is 13.9 Å². The second kappa shape index (κ2) is 12.4. The van der Waals surface area contributed by atoms with E-state index in [0.29, 0.717) is 13.1 Å². The summed E-state index contributed by atoms with van der Waals surface area (Å²) in [5, 5.41) is 6.64. The fourth-order valence-corrected chi connectivity index (χ4v) is 3.58. The normalized spacial score (nSPS) is 16.2. The monoisotopic (exact) mass is 428 g/mol. The molecular formula is C24H33FN4O2. The number of hydrogen-bond acceptors (Lipinski definition) is 4. The maximum Gasteiger partial charge on any atom is 0.191 e. The zero-order valence-electron chi connectivity index (χ0n) is 18.4. The first-order chi connectivity index (χ1) is 15.2. The number of rotatable bonds is 9. The second-order valence-electron chi connectivity index (χ2n) is 7.51. The van der Waals surface area contributed by atoms with Gasteiger partial charge in [0.15, 0.2) is 5.96 Å². The Balaban J connectivity index is 1.63. The summed E-state index contributed by atoms with van der Waals surface area (Å²) in [7, 11) is 1.65. The number of nitrogens with zero attached hydrogens (tertiary/aromatic N) is 2. The molecule has 0 amide bonds. The van der Waals surface area contributed by atoms with Crippen molar-refractivity contribution in [2.75, 3.05) is 46.5 Å². The van der Waals surface area contributed by atoms with Crippen LogP contribution in [0.5, 0.6) is 0 Å². The molecular weight excluding hydrogens is 395 g/mol. The molecule has 2 N–H and O–H groups in total. The molecule has 1 aliphatic heterocycles. The zero-order valence-corrected chi connectivity index (χ0v) is 18.4. The first-order valence-corrected chi connectivity index (χ1v) is 10.9. The highest BCUT2D eigenvalue weighted by Crippen LogP contribution is 2.17. The standard InChI is InChI=1S/C24H33FN4O2/c1-3-26-24(28-17-23(30-2)19-8-10-22(25)11-9-19)27-16-20-6-4-5-7-21(20)18-29-12-14-31-15-13-29/h4-11,23H,3,12-18H2,1-2H3,(H2,26,27,28). The zero-order chi connectivity index (χ0) is 21.9. The third-order valence-corrected chi connectivity index (χ3v) is 5.35. The first-order valence-electron chi connectivity index (χ1n) is 10.9. The van der Waals surface area contributed by atoms with E-state index in [9.17, 15) is 4.39 Å². The Labute approximate surface area is 184 Å². The highest BCUT2D eigenvalue weighted by molar-refractivity contribution is 5.79. The molecule has 1 atom stereocenters. The second-order valence-corrected chi connectivity index (χ2v) is 7.51. The number of methoxy groups -OCH3 is 1. The Morgan fingerprint density at radius 3 is 2.48 bits per heavy atom. The summed E-state index contributed by atoms with van der Waals surface area (Å²) in [5.41, 5.74) is 3.43. The maximum atomic E-state index is 13.2. The number of ether oxygens (including phenoxy) is 2. The largest absolute Gasteiger partial charge is 0.379 e. The summed E-state index contributed by atoms with van der Waals surface area (Å²) in [6.45, 7) is 8.34. The molecule has 1 heterocycles. The van der Waals surface area contributed by atoms with Gasteiger partial charge in [0.2, 0.25) is 0 Å². The van der Waals surface area contributed by atoms with E-state index in [4.69, 9.17) is 14.5 Å². The van der Waals surface area contributed by atoms with E-state index in [1.165, 1.54) is 23.3 Å². The fraction of sp³-hybridized carbons (Fsp3) is 0.458. The first kappa shape index (κ1) is 23.2. The molecule has 1 fully saturated rings. The number of benzene rings is 2. The number of hydrogen-bond donors (Lipinski definition) is 2. The van der Waals surface area contributed by atoms with Crippen molar-refractivity contribution >= 4 is 5.96 Å². The number of halogens is 1. The molecule has 0 spiro atoms. The summed E-state index contributed by atoms with van der Waals surface area (Å²) in [6, 6.07) is 14.9. The third kappa shape index (κ3) is 7.31. The van der Waals surface area contributed by atoms with E-state index in [2.05, 4.69) is 39.8 Å². The van der Waals surface area contributed by atoms with Crippen LogP contribution in [0.2, 0.25) is 0 Å². The molecule has 0 saturated carbocycles. The Kier molecular flexibility index (Phi) is 9.27. The predicted molar refractivity (Wildman–Crippen MR) is 122 cm³/mol. The molecule has 7 heteroatoms. The number of guanidine groups is 1. The fourth-order valence-electron chi connectivity index (χ4n) is 3.58. The Bertz CT molecular complexity index is 823. The van der Waals surface area contributed by atoms with Gasteiger partial charge in [-0.2, -0.15) is 0 Å². The van der Waals surface area contributed by atoms with Gasteiger partial charge in [-0.05, 0) is 35.7 Å². The molecule has 1 saturated heterocycles. The highest BCUT2D eigenvalue weighted by atomic mass is 19.1. The molecule has 1 unspecified atom stereocenters. The quantitative estimate of drug-likeness (QED) is 0.475. The van der Waals surface area contributed by atoms with Gasteiger partial charge in [0.05, 0.1) is 25.9 Å². The van der Waals surface area contributed by atoms with Crippen LogP contribution >= 0.6 is 0 Å². The summed E-state index contributed by atoms with van der Waals surface area (Å²) >= 11 is 0. The highest BCUT2D eigenvalue weighted by Gasteiger charge is 2.14. The smallest absolute Gasteiger partial charge is 0.191 e. The lowest BCUT2D eigenvalue weighted by atomic mass is 10.1.